The number of benzene rings is 1. The number of hydrogen-bond acceptors (Lipinski definition) is 11. The predicted octanol–water partition coefficient (Wildman–Crippen LogP) is 2.39. The molecule has 1 aromatic carbocycles. The lowest BCUT2D eigenvalue weighted by Crippen LogP contribution is -2.25. The monoisotopic (exact) mass is 487 g/mol. The van der Waals surface area contributed by atoms with Gasteiger partial charge in [0.1, 0.15) is 18.9 Å². The lowest BCUT2D eigenvalue weighted by atomic mass is 10.2. The second-order valence-corrected chi connectivity index (χ2v) is 10.3. The van der Waals surface area contributed by atoms with E-state index in [-0.39, 0.29) is 6.42 Å². The van der Waals surface area contributed by atoms with Crippen LogP contribution in [0.2, 0.25) is 0 Å². The van der Waals surface area contributed by atoms with Gasteiger partial charge in [0.15, 0.2) is 0 Å². The molecule has 1 aliphatic heterocycles. The van der Waals surface area contributed by atoms with Gasteiger partial charge < -0.3 is 19.3 Å². The van der Waals surface area contributed by atoms with Crippen LogP contribution >= 0.6 is 23.9 Å². The van der Waals surface area contributed by atoms with Gasteiger partial charge in [-0.3, -0.25) is 4.89 Å². The zero-order valence-corrected chi connectivity index (χ0v) is 17.9. The molecule has 1 fully saturated rings. The van der Waals surface area contributed by atoms with Crippen LogP contribution in [0.25, 0.3) is 11.0 Å². The molecule has 30 heavy (non-hydrogen) atoms. The number of aliphatic hydroxyl groups excluding tert-OH is 1. The van der Waals surface area contributed by atoms with E-state index in [4.69, 9.17) is 19.4 Å². The first kappa shape index (κ1) is 23.6. The van der Waals surface area contributed by atoms with Crippen LogP contribution in [0.15, 0.2) is 24.5 Å². The van der Waals surface area contributed by atoms with Crippen molar-refractivity contribution in [2.45, 2.75) is 31.8 Å². The van der Waals surface area contributed by atoms with Crippen LogP contribution in [0.5, 0.6) is 0 Å². The highest BCUT2D eigenvalue weighted by atomic mass is 31.3. The number of fused-ring (bicyclic) bond motifs is 1. The largest absolute Gasteiger partial charge is 0.708 e. The van der Waals surface area contributed by atoms with Crippen molar-refractivity contribution in [3.05, 3.63) is 30.1 Å². The van der Waals surface area contributed by atoms with Gasteiger partial charge in [0, 0.05) is 11.0 Å². The molecule has 6 atom stereocenters. The summed E-state index contributed by atoms with van der Waals surface area (Å²) in [6.45, 7) is 1.42. The molecule has 3 unspecified atom stereocenters. The summed E-state index contributed by atoms with van der Waals surface area (Å²) < 4.78 is 56.9. The molecule has 0 radical (unpaired) electrons. The Hall–Kier alpha value is -1.11. The number of ether oxygens (including phenoxy) is 1. The van der Waals surface area contributed by atoms with Crippen LogP contribution in [0.3, 0.4) is 0 Å². The lowest BCUT2D eigenvalue weighted by molar-refractivity contribution is -0.157. The van der Waals surface area contributed by atoms with Gasteiger partial charge in [-0.1, -0.05) is 6.07 Å². The van der Waals surface area contributed by atoms with Gasteiger partial charge in [-0.05, 0) is 28.9 Å². The van der Waals surface area contributed by atoms with Gasteiger partial charge in [-0.25, -0.2) is 19.4 Å². The summed E-state index contributed by atoms with van der Waals surface area (Å²) in [5.41, 5.74) is 2.54. The van der Waals surface area contributed by atoms with Gasteiger partial charge in [-0.2, -0.15) is 4.31 Å². The third-order valence-corrected chi connectivity index (χ3v) is 7.64. The zero-order valence-electron chi connectivity index (χ0n) is 15.2. The van der Waals surface area contributed by atoms with E-state index < -0.39 is 48.9 Å². The van der Waals surface area contributed by atoms with E-state index in [0.29, 0.717) is 0 Å². The Morgan fingerprint density at radius 2 is 2.07 bits per heavy atom. The fraction of sp³-hybridized carbons (Fsp3) is 0.462. The highest BCUT2D eigenvalue weighted by molar-refractivity contribution is 7.64. The van der Waals surface area contributed by atoms with Crippen molar-refractivity contribution in [1.29, 1.82) is 0 Å². The van der Waals surface area contributed by atoms with Crippen molar-refractivity contribution >= 4 is 34.9 Å². The average molecular weight is 487 g/mol. The zero-order chi connectivity index (χ0) is 22.1. The average Bonchev–Trinajstić information content (AvgIpc) is 3.21. The van der Waals surface area contributed by atoms with E-state index >= 15 is 0 Å². The third kappa shape index (κ3) is 5.77. The lowest BCUT2D eigenvalue weighted by Gasteiger charge is -2.14. The summed E-state index contributed by atoms with van der Waals surface area (Å²) >= 11 is 0. The summed E-state index contributed by atoms with van der Waals surface area (Å²) in [6.07, 6.45) is -0.826. The molecule has 2 aromatic rings. The maximum Gasteiger partial charge on any atom is 0.708 e. The summed E-state index contributed by atoms with van der Waals surface area (Å²) in [5.74, 6) is 0. The number of aryl methyl sites for hydroxylation is 1. The van der Waals surface area contributed by atoms with Crippen LogP contribution in [-0.2, 0) is 36.3 Å². The molecule has 0 saturated carbocycles. The maximum absolute atomic E-state index is 11.7. The number of hydrogen-bond donors (Lipinski definition) is 4. The van der Waals surface area contributed by atoms with E-state index in [0.717, 1.165) is 16.6 Å². The second-order valence-electron chi connectivity index (χ2n) is 6.28. The first-order valence-electron chi connectivity index (χ1n) is 8.26. The summed E-state index contributed by atoms with van der Waals surface area (Å²) in [6, 6.07) is 5.65. The summed E-state index contributed by atoms with van der Waals surface area (Å²) in [7, 11) is -14.0. The van der Waals surface area contributed by atoms with Crippen LogP contribution in [0.4, 0.5) is 0 Å². The molecule has 0 bridgehead atoms. The molecule has 1 saturated heterocycles. The normalized spacial score (nSPS) is 26.4. The molecular weight excluding hydrogens is 469 g/mol. The minimum absolute atomic E-state index is 0.175. The Morgan fingerprint density at radius 1 is 1.33 bits per heavy atom. The molecule has 2 heterocycles. The number of aliphatic hydroxyl groups is 1. The third-order valence-electron chi connectivity index (χ3n) is 4.07. The van der Waals surface area contributed by atoms with Gasteiger partial charge in [-0.15, -0.1) is 9.20 Å². The quantitative estimate of drug-likeness (QED) is 0.229. The smallest absolute Gasteiger partial charge is 0.390 e. The first-order chi connectivity index (χ1) is 14.0. The predicted molar refractivity (Wildman–Crippen MR) is 98.1 cm³/mol. The Balaban J connectivity index is 1.58. The van der Waals surface area contributed by atoms with Crippen molar-refractivity contribution in [3.8, 4) is 0 Å². The Labute approximate surface area is 170 Å². The van der Waals surface area contributed by atoms with Crippen molar-refractivity contribution in [3.63, 3.8) is 0 Å². The van der Waals surface area contributed by atoms with Crippen molar-refractivity contribution in [2.24, 2.45) is 0 Å². The number of nitrogens with zero attached hydrogens (tertiary/aromatic N) is 2. The fourth-order valence-electron chi connectivity index (χ4n) is 2.80. The topological polar surface area (TPSA) is 196 Å². The van der Waals surface area contributed by atoms with Crippen LogP contribution in [-0.4, -0.2) is 48.5 Å². The van der Waals surface area contributed by atoms with Crippen molar-refractivity contribution in [2.75, 3.05) is 6.61 Å². The van der Waals surface area contributed by atoms with Crippen LogP contribution < -0.4 is 0 Å². The molecule has 1 aromatic heterocycles. The van der Waals surface area contributed by atoms with E-state index in [1.165, 1.54) is 0 Å². The molecule has 0 amide bonds. The highest BCUT2D eigenvalue weighted by Crippen LogP contribution is 2.63. The van der Waals surface area contributed by atoms with Crippen molar-refractivity contribution < 1.29 is 56.4 Å². The molecule has 166 valence electrons. The van der Waals surface area contributed by atoms with Crippen LogP contribution in [0, 0.1) is 6.92 Å². The molecule has 17 heteroatoms. The summed E-state index contributed by atoms with van der Waals surface area (Å²) in [5, 5.41) is 18.3. The van der Waals surface area contributed by atoms with Gasteiger partial charge >= 0.3 is 23.9 Å². The van der Waals surface area contributed by atoms with E-state index in [1.807, 2.05) is 25.1 Å². The standard InChI is InChI=1S/C13H17N2O12P3/c1-8-2-3-9-10(4-8)15(7-14-9)13-5-11(16)12(24-13)6-23-28(18)26-30(21,22)27-29(19,20)25-17/h2-4,7,11-13,16H,5-6H2,1H3,(H2-,17,19,20,21,22)/p+1/t11-,12+,13+/m0/s1. The number of aromatic nitrogens is 2. The number of imidazole rings is 1. The van der Waals surface area contributed by atoms with Crippen LogP contribution in [0.1, 0.15) is 18.2 Å². The molecule has 14 nitrogen and oxygen atoms in total. The Morgan fingerprint density at radius 3 is 2.77 bits per heavy atom. The minimum atomic E-state index is -5.37. The van der Waals surface area contributed by atoms with E-state index in [9.17, 15) is 23.7 Å². The minimum Gasteiger partial charge on any atom is -0.390 e. The molecule has 3 rings (SSSR count). The highest BCUT2D eigenvalue weighted by Gasteiger charge is 2.46. The Bertz CT molecular complexity index is 1030. The maximum atomic E-state index is 11.7. The molecule has 0 spiro atoms. The second kappa shape index (κ2) is 9.17. The summed E-state index contributed by atoms with van der Waals surface area (Å²) in [4.78, 5) is 22.3. The first-order valence-corrected chi connectivity index (χ1v) is 12.3. The van der Waals surface area contributed by atoms with Gasteiger partial charge in [0.05, 0.1) is 23.5 Å². The number of phosphoric acid groups is 2. The Kier molecular flexibility index (Phi) is 7.20. The van der Waals surface area contributed by atoms with E-state index in [1.54, 1.807) is 10.9 Å². The molecule has 0 aliphatic carbocycles. The van der Waals surface area contributed by atoms with Crippen molar-refractivity contribution in [1.82, 2.24) is 9.55 Å². The molecular formula is C13H18N2O12P3+. The fourth-order valence-corrected chi connectivity index (χ4v) is 5.48. The van der Waals surface area contributed by atoms with Gasteiger partial charge in [0.2, 0.25) is 0 Å². The van der Waals surface area contributed by atoms with Gasteiger partial charge in [0.25, 0.3) is 0 Å². The van der Waals surface area contributed by atoms with E-state index in [2.05, 4.69) is 18.3 Å². The molecule has 1 aliphatic rings. The molecule has 4 N–H and O–H groups in total. The number of rotatable bonds is 9. The SMILES string of the molecule is Cc1ccc2ncn([C@H]3C[C@H](O)[C@@H](CO[P+](=O)OP(=O)(O)OP(=O)(O)OO)O3)c2c1.